The van der Waals surface area contributed by atoms with Gasteiger partial charge in [0.15, 0.2) is 0 Å². The lowest BCUT2D eigenvalue weighted by atomic mass is 9.89. The molecule has 2 saturated heterocycles. The summed E-state index contributed by atoms with van der Waals surface area (Å²) < 4.78 is 0. The Kier molecular flexibility index (Phi) is 5.37. The molecule has 2 aliphatic heterocycles. The van der Waals surface area contributed by atoms with Crippen LogP contribution in [-0.4, -0.2) is 36.0 Å². The van der Waals surface area contributed by atoms with Crippen LogP contribution >= 0.6 is 11.8 Å². The van der Waals surface area contributed by atoms with Crippen molar-refractivity contribution in [3.05, 3.63) is 0 Å². The number of hydrogen-bond acceptors (Lipinski definition) is 3. The van der Waals surface area contributed by atoms with Crippen LogP contribution in [0.3, 0.4) is 0 Å². The maximum absolute atomic E-state index is 12.0. The molecule has 2 aliphatic rings. The standard InChI is InChI=1S/C14H26N2OS/c1-3-11(9-18-2)16-14(17)8-10-6-12-4-5-13(7-10)15-12/h10-13,15H,3-9H2,1-2H3,(H,16,17). The van der Waals surface area contributed by atoms with Crippen molar-refractivity contribution >= 4 is 17.7 Å². The van der Waals surface area contributed by atoms with Crippen molar-refractivity contribution in [1.82, 2.24) is 10.6 Å². The molecule has 0 aromatic carbocycles. The molecule has 2 N–H and O–H groups in total. The number of hydrogen-bond donors (Lipinski definition) is 2. The van der Waals surface area contributed by atoms with Gasteiger partial charge < -0.3 is 10.6 Å². The van der Waals surface area contributed by atoms with Crippen molar-refractivity contribution in [2.24, 2.45) is 5.92 Å². The molecule has 2 rings (SSSR count). The van der Waals surface area contributed by atoms with Gasteiger partial charge >= 0.3 is 0 Å². The van der Waals surface area contributed by atoms with Crippen molar-refractivity contribution in [2.75, 3.05) is 12.0 Å². The molecule has 3 unspecified atom stereocenters. The van der Waals surface area contributed by atoms with E-state index in [0.717, 1.165) is 18.6 Å². The highest BCUT2D eigenvalue weighted by atomic mass is 32.2. The normalized spacial score (nSPS) is 32.2. The number of fused-ring (bicyclic) bond motifs is 2. The SMILES string of the molecule is CCC(CSC)NC(=O)CC1CC2CCC(C1)N2. The highest BCUT2D eigenvalue weighted by Crippen LogP contribution is 2.32. The number of nitrogens with one attached hydrogen (secondary N) is 2. The average molecular weight is 270 g/mol. The predicted octanol–water partition coefficient (Wildman–Crippen LogP) is 2.16. The number of amides is 1. The van der Waals surface area contributed by atoms with Crippen molar-refractivity contribution < 1.29 is 4.79 Å². The average Bonchev–Trinajstić information content (AvgIpc) is 2.68. The number of thioether (sulfide) groups is 1. The summed E-state index contributed by atoms with van der Waals surface area (Å²) in [7, 11) is 0. The Labute approximate surface area is 115 Å². The van der Waals surface area contributed by atoms with Gasteiger partial charge in [0.2, 0.25) is 5.91 Å². The topological polar surface area (TPSA) is 41.1 Å². The zero-order valence-electron chi connectivity index (χ0n) is 11.6. The van der Waals surface area contributed by atoms with Gasteiger partial charge in [0, 0.05) is 30.3 Å². The molecule has 3 nitrogen and oxygen atoms in total. The number of carbonyl (C=O) groups excluding carboxylic acids is 1. The lowest BCUT2D eigenvalue weighted by molar-refractivity contribution is -0.122. The Hall–Kier alpha value is -0.220. The Morgan fingerprint density at radius 1 is 1.39 bits per heavy atom. The van der Waals surface area contributed by atoms with Crippen LogP contribution in [0.15, 0.2) is 0 Å². The summed E-state index contributed by atoms with van der Waals surface area (Å²) in [5.74, 6) is 1.90. The van der Waals surface area contributed by atoms with Crippen LogP contribution in [0.1, 0.15) is 45.4 Å². The van der Waals surface area contributed by atoms with Gasteiger partial charge in [-0.05, 0) is 44.3 Å². The van der Waals surface area contributed by atoms with Crippen molar-refractivity contribution in [1.29, 1.82) is 0 Å². The van der Waals surface area contributed by atoms with Gasteiger partial charge in [-0.15, -0.1) is 0 Å². The van der Waals surface area contributed by atoms with Crippen molar-refractivity contribution in [3.8, 4) is 0 Å². The van der Waals surface area contributed by atoms with Gasteiger partial charge in [0.25, 0.3) is 0 Å². The second-order valence-corrected chi connectivity index (χ2v) is 6.72. The quantitative estimate of drug-likeness (QED) is 0.777. The molecule has 104 valence electrons. The summed E-state index contributed by atoms with van der Waals surface area (Å²) in [5.41, 5.74) is 0. The third kappa shape index (κ3) is 3.89. The molecule has 0 aromatic heterocycles. The van der Waals surface area contributed by atoms with E-state index < -0.39 is 0 Å². The molecule has 4 heteroatoms. The molecule has 0 aromatic rings. The predicted molar refractivity (Wildman–Crippen MR) is 77.9 cm³/mol. The van der Waals surface area contributed by atoms with Crippen LogP contribution in [0.4, 0.5) is 0 Å². The summed E-state index contributed by atoms with van der Waals surface area (Å²) in [6.07, 6.45) is 8.88. The van der Waals surface area contributed by atoms with Gasteiger partial charge in [-0.25, -0.2) is 0 Å². The van der Waals surface area contributed by atoms with Gasteiger partial charge in [-0.3, -0.25) is 4.79 Å². The van der Waals surface area contributed by atoms with Crippen LogP contribution in [0.5, 0.6) is 0 Å². The first-order valence-corrected chi connectivity index (χ1v) is 8.65. The summed E-state index contributed by atoms with van der Waals surface area (Å²) in [6, 6.07) is 1.73. The summed E-state index contributed by atoms with van der Waals surface area (Å²) in [5, 5.41) is 6.82. The first-order chi connectivity index (χ1) is 8.71. The van der Waals surface area contributed by atoms with Gasteiger partial charge in [-0.1, -0.05) is 6.92 Å². The fourth-order valence-electron chi connectivity index (χ4n) is 3.35. The second-order valence-electron chi connectivity index (χ2n) is 5.81. The number of carbonyl (C=O) groups is 1. The highest BCUT2D eigenvalue weighted by Gasteiger charge is 2.34. The molecule has 0 aliphatic carbocycles. The lowest BCUT2D eigenvalue weighted by Gasteiger charge is -2.29. The minimum absolute atomic E-state index is 0.266. The first-order valence-electron chi connectivity index (χ1n) is 7.25. The van der Waals surface area contributed by atoms with E-state index in [9.17, 15) is 4.79 Å². The number of piperidine rings is 1. The van der Waals surface area contributed by atoms with E-state index in [0.29, 0.717) is 24.0 Å². The van der Waals surface area contributed by atoms with Crippen LogP contribution in [0.2, 0.25) is 0 Å². The van der Waals surface area contributed by atoms with E-state index in [2.05, 4.69) is 23.8 Å². The van der Waals surface area contributed by atoms with Crippen LogP contribution in [0.25, 0.3) is 0 Å². The van der Waals surface area contributed by atoms with Gasteiger partial charge in [0.05, 0.1) is 0 Å². The summed E-state index contributed by atoms with van der Waals surface area (Å²) >= 11 is 1.81. The highest BCUT2D eigenvalue weighted by molar-refractivity contribution is 7.98. The lowest BCUT2D eigenvalue weighted by Crippen LogP contribution is -2.41. The van der Waals surface area contributed by atoms with Crippen LogP contribution in [0, 0.1) is 5.92 Å². The summed E-state index contributed by atoms with van der Waals surface area (Å²) in [6.45, 7) is 2.14. The third-order valence-corrected chi connectivity index (χ3v) is 5.01. The van der Waals surface area contributed by atoms with Crippen LogP contribution < -0.4 is 10.6 Å². The maximum atomic E-state index is 12.0. The molecule has 1 amide bonds. The Morgan fingerprint density at radius 3 is 2.61 bits per heavy atom. The molecule has 0 radical (unpaired) electrons. The first kappa shape index (κ1) is 14.2. The molecule has 2 fully saturated rings. The Morgan fingerprint density at radius 2 is 2.06 bits per heavy atom. The molecule has 2 bridgehead atoms. The monoisotopic (exact) mass is 270 g/mol. The molecule has 18 heavy (non-hydrogen) atoms. The van der Waals surface area contributed by atoms with E-state index in [1.165, 1.54) is 25.7 Å². The maximum Gasteiger partial charge on any atom is 0.220 e. The van der Waals surface area contributed by atoms with Crippen LogP contribution in [-0.2, 0) is 4.79 Å². The van der Waals surface area contributed by atoms with Gasteiger partial charge in [-0.2, -0.15) is 11.8 Å². The Balaban J connectivity index is 1.73. The third-order valence-electron chi connectivity index (χ3n) is 4.27. The van der Waals surface area contributed by atoms with Gasteiger partial charge in [0.1, 0.15) is 0 Å². The number of rotatable bonds is 6. The fraction of sp³-hybridized carbons (Fsp3) is 0.929. The van der Waals surface area contributed by atoms with E-state index in [-0.39, 0.29) is 5.91 Å². The summed E-state index contributed by atoms with van der Waals surface area (Å²) in [4.78, 5) is 12.0. The molecule has 0 spiro atoms. The van der Waals surface area contributed by atoms with E-state index in [4.69, 9.17) is 0 Å². The minimum atomic E-state index is 0.266. The fourth-order valence-corrected chi connectivity index (χ4v) is 4.07. The molecular weight excluding hydrogens is 244 g/mol. The largest absolute Gasteiger partial charge is 0.353 e. The van der Waals surface area contributed by atoms with Crippen molar-refractivity contribution in [3.63, 3.8) is 0 Å². The molecule has 0 saturated carbocycles. The zero-order chi connectivity index (χ0) is 13.0. The minimum Gasteiger partial charge on any atom is -0.353 e. The molecule has 2 heterocycles. The van der Waals surface area contributed by atoms with E-state index >= 15 is 0 Å². The molecular formula is C14H26N2OS. The smallest absolute Gasteiger partial charge is 0.220 e. The second kappa shape index (κ2) is 6.80. The molecule has 3 atom stereocenters. The van der Waals surface area contributed by atoms with E-state index in [1.54, 1.807) is 0 Å². The zero-order valence-corrected chi connectivity index (χ0v) is 12.4. The van der Waals surface area contributed by atoms with Crippen molar-refractivity contribution in [2.45, 2.75) is 63.6 Å². The Bertz CT molecular complexity index is 273. The van der Waals surface area contributed by atoms with E-state index in [1.807, 2.05) is 11.8 Å².